The molecule has 0 aliphatic carbocycles. The van der Waals surface area contributed by atoms with Crippen LogP contribution in [0.4, 0.5) is 0 Å². The van der Waals surface area contributed by atoms with Crippen LogP contribution in [-0.4, -0.2) is 24.7 Å². The molecular formula is C10H13NO3. The topological polar surface area (TPSA) is 47.6 Å². The average molecular weight is 195 g/mol. The van der Waals surface area contributed by atoms with E-state index in [0.717, 1.165) is 19.3 Å². The summed E-state index contributed by atoms with van der Waals surface area (Å²) in [7, 11) is 0. The third-order valence-corrected chi connectivity index (χ3v) is 2.77. The Balaban J connectivity index is 1.79. The maximum Gasteiger partial charge on any atom is 0.249 e. The van der Waals surface area contributed by atoms with Crippen LogP contribution in [-0.2, 0) is 14.4 Å². The van der Waals surface area contributed by atoms with Crippen LogP contribution >= 0.6 is 0 Å². The Kier molecular flexibility index (Phi) is 2.71. The highest BCUT2D eigenvalue weighted by atomic mass is 16.6. The lowest BCUT2D eigenvalue weighted by molar-refractivity contribution is -0.138. The Morgan fingerprint density at radius 1 is 1.64 bits per heavy atom. The largest absolute Gasteiger partial charge is 0.374 e. The summed E-state index contributed by atoms with van der Waals surface area (Å²) in [5, 5.41) is 0. The first-order chi connectivity index (χ1) is 6.81. The lowest BCUT2D eigenvalue weighted by atomic mass is 9.89. The minimum absolute atomic E-state index is 0.0495. The molecule has 4 nitrogen and oxygen atoms in total. The predicted octanol–water partition coefficient (Wildman–Crippen LogP) is 0.235. The molecular weight excluding hydrogens is 182 g/mol. The van der Waals surface area contributed by atoms with Gasteiger partial charge in [-0.3, -0.25) is 9.63 Å². The normalized spacial score (nSPS) is 34.1. The molecule has 1 amide bonds. The number of fused-ring (bicyclic) bond motifs is 2. The van der Waals surface area contributed by atoms with Crippen LogP contribution in [0.25, 0.3) is 0 Å². The molecule has 2 fully saturated rings. The zero-order chi connectivity index (χ0) is 9.97. The van der Waals surface area contributed by atoms with Crippen LogP contribution in [0.5, 0.6) is 0 Å². The fraction of sp³-hybridized carbons (Fsp3) is 0.700. The highest BCUT2D eigenvalue weighted by Crippen LogP contribution is 2.38. The van der Waals surface area contributed by atoms with Crippen molar-refractivity contribution >= 4 is 5.91 Å². The minimum atomic E-state index is -0.104. The molecule has 14 heavy (non-hydrogen) atoms. The number of terminal acetylenes is 1. The van der Waals surface area contributed by atoms with Crippen LogP contribution < -0.4 is 5.48 Å². The zero-order valence-electron chi connectivity index (χ0n) is 7.86. The van der Waals surface area contributed by atoms with E-state index < -0.39 is 0 Å². The third kappa shape index (κ3) is 1.74. The van der Waals surface area contributed by atoms with Gasteiger partial charge in [0, 0.05) is 0 Å². The van der Waals surface area contributed by atoms with Crippen LogP contribution in [0, 0.1) is 18.3 Å². The summed E-state index contributed by atoms with van der Waals surface area (Å²) in [6, 6.07) is 0. The van der Waals surface area contributed by atoms with Crippen LogP contribution in [0.3, 0.4) is 0 Å². The second kappa shape index (κ2) is 3.99. The highest BCUT2D eigenvalue weighted by Gasteiger charge is 2.44. The van der Waals surface area contributed by atoms with Gasteiger partial charge in [0.15, 0.2) is 0 Å². The molecule has 0 radical (unpaired) electrons. The van der Waals surface area contributed by atoms with E-state index in [2.05, 4.69) is 11.4 Å². The number of carbonyl (C=O) groups is 1. The first-order valence-corrected chi connectivity index (χ1v) is 4.82. The molecule has 2 aliphatic rings. The first kappa shape index (κ1) is 9.50. The number of amides is 1. The monoisotopic (exact) mass is 195 g/mol. The van der Waals surface area contributed by atoms with Crippen LogP contribution in [0.15, 0.2) is 0 Å². The summed E-state index contributed by atoms with van der Waals surface area (Å²) in [6.07, 6.45) is 8.23. The van der Waals surface area contributed by atoms with Crippen molar-refractivity contribution in [2.45, 2.75) is 31.5 Å². The van der Waals surface area contributed by atoms with Gasteiger partial charge >= 0.3 is 0 Å². The second-order valence-corrected chi connectivity index (χ2v) is 3.68. The molecule has 2 aliphatic heterocycles. The molecule has 0 aromatic heterocycles. The van der Waals surface area contributed by atoms with Crippen molar-refractivity contribution in [2.75, 3.05) is 6.61 Å². The van der Waals surface area contributed by atoms with Crippen molar-refractivity contribution in [3.05, 3.63) is 0 Å². The lowest BCUT2D eigenvalue weighted by Gasteiger charge is -2.16. The Morgan fingerprint density at radius 2 is 2.50 bits per heavy atom. The molecule has 3 unspecified atom stereocenters. The molecule has 4 heteroatoms. The van der Waals surface area contributed by atoms with E-state index in [9.17, 15) is 4.79 Å². The van der Waals surface area contributed by atoms with E-state index >= 15 is 0 Å². The molecule has 0 saturated carbocycles. The molecule has 2 heterocycles. The second-order valence-electron chi connectivity index (χ2n) is 3.68. The minimum Gasteiger partial charge on any atom is -0.374 e. The lowest BCUT2D eigenvalue weighted by Crippen LogP contribution is -2.36. The summed E-state index contributed by atoms with van der Waals surface area (Å²) in [4.78, 5) is 16.3. The number of hydrogen-bond acceptors (Lipinski definition) is 3. The Hall–Kier alpha value is -1.05. The van der Waals surface area contributed by atoms with E-state index in [0.29, 0.717) is 0 Å². The molecule has 0 aromatic carbocycles. The maximum atomic E-state index is 11.5. The van der Waals surface area contributed by atoms with Gasteiger partial charge < -0.3 is 4.74 Å². The zero-order valence-corrected chi connectivity index (χ0v) is 7.86. The van der Waals surface area contributed by atoms with Gasteiger partial charge in [0.2, 0.25) is 5.91 Å². The molecule has 2 rings (SSSR count). The predicted molar refractivity (Wildman–Crippen MR) is 48.9 cm³/mol. The van der Waals surface area contributed by atoms with Crippen molar-refractivity contribution in [1.82, 2.24) is 5.48 Å². The average Bonchev–Trinajstić information content (AvgIpc) is 2.79. The summed E-state index contributed by atoms with van der Waals surface area (Å²) in [5.74, 6) is 2.13. The van der Waals surface area contributed by atoms with Crippen molar-refractivity contribution in [3.63, 3.8) is 0 Å². The number of rotatable bonds is 3. The van der Waals surface area contributed by atoms with Gasteiger partial charge in [0.05, 0.1) is 18.1 Å². The molecule has 3 atom stereocenters. The number of hydrogen-bond donors (Lipinski definition) is 1. The van der Waals surface area contributed by atoms with E-state index in [1.54, 1.807) is 0 Å². The van der Waals surface area contributed by atoms with Gasteiger partial charge in [-0.15, -0.1) is 6.42 Å². The Labute approximate surface area is 82.9 Å². The third-order valence-electron chi connectivity index (χ3n) is 2.77. The van der Waals surface area contributed by atoms with E-state index in [1.807, 2.05) is 0 Å². The van der Waals surface area contributed by atoms with Crippen LogP contribution in [0.1, 0.15) is 19.3 Å². The molecule has 1 N–H and O–H groups in total. The van der Waals surface area contributed by atoms with Gasteiger partial charge in [0.25, 0.3) is 0 Å². The van der Waals surface area contributed by atoms with Crippen molar-refractivity contribution in [1.29, 1.82) is 0 Å². The fourth-order valence-electron chi connectivity index (χ4n) is 2.14. The molecule has 0 spiro atoms. The smallest absolute Gasteiger partial charge is 0.249 e. The van der Waals surface area contributed by atoms with Gasteiger partial charge in [-0.1, -0.05) is 5.92 Å². The van der Waals surface area contributed by atoms with Crippen molar-refractivity contribution < 1.29 is 14.4 Å². The Bertz CT molecular complexity index is 271. The number of nitrogens with one attached hydrogen (secondary N) is 1. The van der Waals surface area contributed by atoms with Crippen LogP contribution in [0.2, 0.25) is 0 Å². The van der Waals surface area contributed by atoms with Gasteiger partial charge in [-0.2, -0.15) is 0 Å². The highest BCUT2D eigenvalue weighted by molar-refractivity contribution is 5.78. The Morgan fingerprint density at radius 3 is 3.07 bits per heavy atom. The fourth-order valence-corrected chi connectivity index (χ4v) is 2.14. The number of ether oxygens (including phenoxy) is 1. The van der Waals surface area contributed by atoms with E-state index in [-0.39, 0.29) is 30.6 Å². The number of hydroxylamine groups is 1. The molecule has 2 saturated heterocycles. The maximum absolute atomic E-state index is 11.5. The summed E-state index contributed by atoms with van der Waals surface area (Å²) in [5.41, 5.74) is 2.35. The molecule has 0 aromatic rings. The van der Waals surface area contributed by atoms with E-state index in [1.165, 1.54) is 0 Å². The summed E-state index contributed by atoms with van der Waals surface area (Å²) >= 11 is 0. The standard InChI is InChI=1S/C10H13NO3/c1-2-5-13-11-10(12)8-6-7-3-4-9(8)14-7/h1,7-9H,3-6H2,(H,11,12). The van der Waals surface area contributed by atoms with Crippen molar-refractivity contribution in [2.24, 2.45) is 5.92 Å². The number of carbonyl (C=O) groups excluding carboxylic acids is 1. The summed E-state index contributed by atoms with van der Waals surface area (Å²) < 4.78 is 5.56. The van der Waals surface area contributed by atoms with Gasteiger partial charge in [-0.25, -0.2) is 5.48 Å². The molecule has 76 valence electrons. The SMILES string of the molecule is C#CCONC(=O)C1CC2CCC1O2. The van der Waals surface area contributed by atoms with Gasteiger partial charge in [0.1, 0.15) is 6.61 Å². The van der Waals surface area contributed by atoms with Gasteiger partial charge in [-0.05, 0) is 19.3 Å². The summed E-state index contributed by atoms with van der Waals surface area (Å²) in [6.45, 7) is 0.105. The van der Waals surface area contributed by atoms with Crippen molar-refractivity contribution in [3.8, 4) is 12.3 Å². The first-order valence-electron chi connectivity index (χ1n) is 4.82. The quantitative estimate of drug-likeness (QED) is 0.398. The molecule has 2 bridgehead atoms. The van der Waals surface area contributed by atoms with E-state index in [4.69, 9.17) is 16.0 Å².